The van der Waals surface area contributed by atoms with Crippen LogP contribution >= 0.6 is 0 Å². The number of hydrogen-bond donors (Lipinski definition) is 0. The van der Waals surface area contributed by atoms with E-state index in [0.717, 1.165) is 0 Å². The molecule has 0 saturated carbocycles. The Hall–Kier alpha value is -1.24. The number of benzene rings is 1. The Morgan fingerprint density at radius 1 is 1.11 bits per heavy atom. The van der Waals surface area contributed by atoms with Crippen molar-refractivity contribution in [3.05, 3.63) is 30.5 Å². The molecule has 0 amide bonds. The lowest BCUT2D eigenvalue weighted by Gasteiger charge is -2.13. The number of nitrogens with zero attached hydrogens (tertiary/aromatic N) is 1. The van der Waals surface area contributed by atoms with E-state index in [1.54, 1.807) is 0 Å². The maximum Gasteiger partial charge on any atom is 0.0549 e. The lowest BCUT2D eigenvalue weighted by Crippen LogP contribution is -1.99. The molecular weight excluding hydrogens is 110 g/mol. The number of hydrogen-bond acceptors (Lipinski definition) is 0. The van der Waals surface area contributed by atoms with Gasteiger partial charge in [-0.2, -0.15) is 0 Å². The second kappa shape index (κ2) is 0.903. The molecule has 3 heterocycles. The summed E-state index contributed by atoms with van der Waals surface area (Å²) in [4.78, 5) is 0. The summed E-state index contributed by atoms with van der Waals surface area (Å²) in [6.07, 6.45) is 2.11. The second-order valence-corrected chi connectivity index (χ2v) is 2.43. The quantitative estimate of drug-likeness (QED) is 0.422. The van der Waals surface area contributed by atoms with E-state index >= 15 is 0 Å². The molecule has 0 aliphatic carbocycles. The second-order valence-electron chi connectivity index (χ2n) is 2.43. The zero-order chi connectivity index (χ0) is 5.84. The van der Waals surface area contributed by atoms with Gasteiger partial charge in [0, 0.05) is 17.3 Å². The largest absolute Gasteiger partial charge is 0.316 e. The molecule has 1 aromatic heterocycles. The van der Waals surface area contributed by atoms with E-state index in [4.69, 9.17) is 0 Å². The minimum atomic E-state index is 1.32. The summed E-state index contributed by atoms with van der Waals surface area (Å²) in [6, 6.07) is 8.64. The summed E-state index contributed by atoms with van der Waals surface area (Å²) in [6.45, 7) is 0. The molecule has 1 nitrogen and oxygen atoms in total. The minimum Gasteiger partial charge on any atom is -0.316 e. The molecule has 1 heteroatoms. The highest BCUT2D eigenvalue weighted by atomic mass is 15.0. The molecule has 1 aromatic carbocycles. The topological polar surface area (TPSA) is 4.93 Å². The van der Waals surface area contributed by atoms with Gasteiger partial charge in [0.1, 0.15) is 0 Å². The third-order valence-electron chi connectivity index (χ3n) is 1.95. The number of rotatable bonds is 0. The Kier molecular flexibility index (Phi) is 0.374. The van der Waals surface area contributed by atoms with Gasteiger partial charge in [0.2, 0.25) is 0 Å². The Morgan fingerprint density at radius 3 is 2.78 bits per heavy atom. The predicted octanol–water partition coefficient (Wildman–Crippen LogP) is 1.94. The fourth-order valence-electron chi connectivity index (χ4n) is 1.43. The maximum absolute atomic E-state index is 2.20. The van der Waals surface area contributed by atoms with Crippen molar-refractivity contribution in [2.24, 2.45) is 0 Å². The van der Waals surface area contributed by atoms with Gasteiger partial charge < -0.3 is 4.57 Å². The van der Waals surface area contributed by atoms with E-state index in [-0.39, 0.29) is 0 Å². The zero-order valence-corrected chi connectivity index (χ0v) is 4.83. The average Bonchev–Trinajstić information content (AvgIpc) is 2.06. The highest BCUT2D eigenvalue weighted by Crippen LogP contribution is 2.29. The van der Waals surface area contributed by atoms with Crippen molar-refractivity contribution < 1.29 is 0 Å². The predicted molar refractivity (Wildman–Crippen MR) is 36.8 cm³/mol. The van der Waals surface area contributed by atoms with Gasteiger partial charge in [0.05, 0.1) is 5.52 Å². The molecule has 4 rings (SSSR count). The zero-order valence-electron chi connectivity index (χ0n) is 4.83. The fraction of sp³-hybridized carbons (Fsp3) is 0. The molecule has 2 aliphatic rings. The molecule has 0 N–H and O–H groups in total. The van der Waals surface area contributed by atoms with Gasteiger partial charge in [0.25, 0.3) is 0 Å². The molecule has 9 heavy (non-hydrogen) atoms. The number of pyridine rings is 1. The number of fused-ring (bicyclic) bond motifs is 1. The lowest BCUT2D eigenvalue weighted by molar-refractivity contribution is 1.08. The van der Waals surface area contributed by atoms with Crippen molar-refractivity contribution in [3.8, 4) is 5.69 Å². The standard InChI is InChI=1S/C8H5N/c1-2-7-5-8-6(1)3-4-9(7)8/h1-5H. The van der Waals surface area contributed by atoms with E-state index in [9.17, 15) is 0 Å². The van der Waals surface area contributed by atoms with E-state index < -0.39 is 0 Å². The molecule has 0 spiro atoms. The van der Waals surface area contributed by atoms with Crippen LogP contribution < -0.4 is 0 Å². The number of aromatic nitrogens is 1. The maximum atomic E-state index is 2.20. The first-order chi connectivity index (χ1) is 4.45. The smallest absolute Gasteiger partial charge is 0.0549 e. The molecule has 2 aliphatic heterocycles. The molecule has 0 saturated heterocycles. The lowest BCUT2D eigenvalue weighted by atomic mass is 10.2. The third kappa shape index (κ3) is 0.250. The van der Waals surface area contributed by atoms with Gasteiger partial charge in [0.15, 0.2) is 0 Å². The van der Waals surface area contributed by atoms with Crippen LogP contribution in [0.15, 0.2) is 30.5 Å². The fourth-order valence-corrected chi connectivity index (χ4v) is 1.43. The van der Waals surface area contributed by atoms with Gasteiger partial charge in [-0.05, 0) is 18.2 Å². The van der Waals surface area contributed by atoms with Crippen LogP contribution in [0.25, 0.3) is 16.6 Å². The van der Waals surface area contributed by atoms with Crippen molar-refractivity contribution in [3.63, 3.8) is 0 Å². The molecule has 42 valence electrons. The molecule has 0 atom stereocenters. The first kappa shape index (κ1) is 3.72. The first-order valence-electron chi connectivity index (χ1n) is 3.07. The average molecular weight is 115 g/mol. The van der Waals surface area contributed by atoms with E-state index in [1.165, 1.54) is 16.6 Å². The highest BCUT2D eigenvalue weighted by Gasteiger charge is 2.11. The van der Waals surface area contributed by atoms with E-state index in [0.29, 0.717) is 0 Å². The summed E-state index contributed by atoms with van der Waals surface area (Å²) < 4.78 is 2.20. The normalized spacial score (nSPS) is 12.4. The van der Waals surface area contributed by atoms with Gasteiger partial charge in [-0.1, -0.05) is 6.07 Å². The first-order valence-corrected chi connectivity index (χ1v) is 3.07. The van der Waals surface area contributed by atoms with Gasteiger partial charge in [-0.25, -0.2) is 0 Å². The van der Waals surface area contributed by atoms with Crippen LogP contribution in [-0.2, 0) is 0 Å². The Labute approximate surface area is 52.5 Å². The third-order valence-corrected chi connectivity index (χ3v) is 1.95. The highest BCUT2D eigenvalue weighted by molar-refractivity contribution is 5.89. The van der Waals surface area contributed by atoms with Crippen LogP contribution in [0.1, 0.15) is 0 Å². The van der Waals surface area contributed by atoms with Crippen LogP contribution in [0.3, 0.4) is 0 Å². The Bertz CT molecular complexity index is 379. The SMILES string of the molecule is c1cc2ccn3c2cc1-3. The monoisotopic (exact) mass is 115 g/mol. The summed E-state index contributed by atoms with van der Waals surface area (Å²) in [5.74, 6) is 0. The van der Waals surface area contributed by atoms with Gasteiger partial charge in [-0.3, -0.25) is 0 Å². The van der Waals surface area contributed by atoms with Crippen molar-refractivity contribution >= 4 is 10.9 Å². The van der Waals surface area contributed by atoms with Crippen molar-refractivity contribution in [1.82, 2.24) is 4.57 Å². The molecule has 0 unspecified atom stereocenters. The Balaban J connectivity index is 2.84. The summed E-state index contributed by atoms with van der Waals surface area (Å²) >= 11 is 0. The van der Waals surface area contributed by atoms with Gasteiger partial charge >= 0.3 is 0 Å². The molecule has 4 bridgehead atoms. The van der Waals surface area contributed by atoms with Crippen molar-refractivity contribution in [2.45, 2.75) is 0 Å². The van der Waals surface area contributed by atoms with Crippen LogP contribution in [-0.4, -0.2) is 4.57 Å². The van der Waals surface area contributed by atoms with Crippen LogP contribution in [0.5, 0.6) is 0 Å². The van der Waals surface area contributed by atoms with Crippen molar-refractivity contribution in [2.75, 3.05) is 0 Å². The van der Waals surface area contributed by atoms with E-state index in [1.807, 2.05) is 0 Å². The minimum absolute atomic E-state index is 1.32. The van der Waals surface area contributed by atoms with Crippen LogP contribution in [0.2, 0.25) is 0 Å². The molecule has 2 aromatic rings. The summed E-state index contributed by atoms with van der Waals surface area (Å²) in [5.41, 5.74) is 2.69. The molecule has 0 fully saturated rings. The summed E-state index contributed by atoms with van der Waals surface area (Å²) in [5, 5.41) is 1.35. The molecule has 0 radical (unpaired) electrons. The molecular formula is C8H5N. The van der Waals surface area contributed by atoms with Gasteiger partial charge in [-0.15, -0.1) is 0 Å². The summed E-state index contributed by atoms with van der Waals surface area (Å²) in [7, 11) is 0. The Morgan fingerprint density at radius 2 is 2.11 bits per heavy atom. The van der Waals surface area contributed by atoms with Crippen molar-refractivity contribution in [1.29, 1.82) is 0 Å². The van der Waals surface area contributed by atoms with E-state index in [2.05, 4.69) is 35.0 Å². The van der Waals surface area contributed by atoms with Crippen LogP contribution in [0.4, 0.5) is 0 Å². The van der Waals surface area contributed by atoms with Crippen LogP contribution in [0, 0.1) is 0 Å².